The molecular weight excluding hydrogens is 559 g/mol. The minimum Gasteiger partial charge on any atom is -0.493 e. The Morgan fingerprint density at radius 2 is 1.67 bits per heavy atom. The van der Waals surface area contributed by atoms with Crippen molar-refractivity contribution in [3.8, 4) is 23.0 Å². The third-order valence-electron chi connectivity index (χ3n) is 5.75. The van der Waals surface area contributed by atoms with Gasteiger partial charge in [-0.25, -0.2) is 9.82 Å². The Hall–Kier alpha value is -5.39. The largest absolute Gasteiger partial charge is 0.493 e. The second kappa shape index (κ2) is 16.2. The van der Waals surface area contributed by atoms with Gasteiger partial charge in [-0.05, 0) is 73.5 Å². The topological polar surface area (TPSA) is 137 Å². The quantitative estimate of drug-likeness (QED) is 0.138. The molecule has 0 bridgehead atoms. The van der Waals surface area contributed by atoms with Crippen LogP contribution in [0.4, 0.5) is 10.1 Å². The number of nitrogens with zero attached hydrogens (tertiary/aromatic N) is 1. The van der Waals surface area contributed by atoms with E-state index < -0.39 is 23.5 Å². The first-order valence-corrected chi connectivity index (χ1v) is 13.2. The van der Waals surface area contributed by atoms with Gasteiger partial charge in [-0.3, -0.25) is 14.4 Å². The summed E-state index contributed by atoms with van der Waals surface area (Å²) < 4.78 is 35.1. The summed E-state index contributed by atoms with van der Waals surface area (Å²) in [7, 11) is 2.95. The molecule has 0 aromatic heterocycles. The lowest BCUT2D eigenvalue weighted by atomic mass is 10.1. The van der Waals surface area contributed by atoms with E-state index in [2.05, 4.69) is 27.7 Å². The van der Waals surface area contributed by atoms with Crippen molar-refractivity contribution in [3.63, 3.8) is 0 Å². The molecule has 0 unspecified atom stereocenters. The SMILES string of the molecule is C=CCc1cc(/C=N/NC(=O)CNC(=O)c2ccc(OC)c(OC)c2)cc(OCC)c1OCC(=O)Nc1ccc(F)cc1. The number of halogens is 1. The van der Waals surface area contributed by atoms with Gasteiger partial charge >= 0.3 is 0 Å². The maximum absolute atomic E-state index is 13.1. The molecule has 0 aliphatic carbocycles. The molecule has 0 fully saturated rings. The Kier molecular flexibility index (Phi) is 12.1. The van der Waals surface area contributed by atoms with Crippen LogP contribution in [0.1, 0.15) is 28.4 Å². The number of benzene rings is 3. The van der Waals surface area contributed by atoms with Crippen molar-refractivity contribution >= 4 is 29.6 Å². The van der Waals surface area contributed by atoms with Crippen LogP contribution in [0.25, 0.3) is 0 Å². The lowest BCUT2D eigenvalue weighted by Gasteiger charge is -2.16. The van der Waals surface area contributed by atoms with Gasteiger partial charge in [-0.1, -0.05) is 6.08 Å². The molecule has 0 heterocycles. The molecule has 0 atom stereocenters. The highest BCUT2D eigenvalue weighted by atomic mass is 19.1. The maximum Gasteiger partial charge on any atom is 0.262 e. The minimum absolute atomic E-state index is 0.294. The molecule has 0 radical (unpaired) electrons. The monoisotopic (exact) mass is 592 g/mol. The number of hydrogen-bond donors (Lipinski definition) is 3. The third-order valence-corrected chi connectivity index (χ3v) is 5.75. The first-order chi connectivity index (χ1) is 20.8. The fourth-order valence-electron chi connectivity index (χ4n) is 3.82. The van der Waals surface area contributed by atoms with Gasteiger partial charge in [0, 0.05) is 16.8 Å². The Morgan fingerprint density at radius 3 is 2.35 bits per heavy atom. The van der Waals surface area contributed by atoms with E-state index in [0.717, 1.165) is 0 Å². The molecule has 12 heteroatoms. The van der Waals surface area contributed by atoms with E-state index >= 15 is 0 Å². The number of nitrogens with one attached hydrogen (secondary N) is 3. The molecule has 3 N–H and O–H groups in total. The van der Waals surface area contributed by atoms with Crippen LogP contribution >= 0.6 is 0 Å². The van der Waals surface area contributed by atoms with Gasteiger partial charge in [0.2, 0.25) is 0 Å². The number of rotatable bonds is 15. The molecule has 226 valence electrons. The molecule has 0 saturated heterocycles. The van der Waals surface area contributed by atoms with Crippen molar-refractivity contribution in [1.29, 1.82) is 0 Å². The number of methoxy groups -OCH3 is 2. The summed E-state index contributed by atoms with van der Waals surface area (Å²) in [5, 5.41) is 9.13. The van der Waals surface area contributed by atoms with Crippen LogP contribution in [0.2, 0.25) is 0 Å². The lowest BCUT2D eigenvalue weighted by Crippen LogP contribution is -2.34. The molecule has 3 amide bonds. The molecule has 43 heavy (non-hydrogen) atoms. The van der Waals surface area contributed by atoms with Gasteiger partial charge in [-0.2, -0.15) is 5.10 Å². The fourth-order valence-corrected chi connectivity index (χ4v) is 3.82. The fraction of sp³-hybridized carbons (Fsp3) is 0.226. The molecular formula is C31H33FN4O7. The van der Waals surface area contributed by atoms with E-state index in [1.54, 1.807) is 37.3 Å². The molecule has 0 aliphatic heterocycles. The Bertz CT molecular complexity index is 1480. The van der Waals surface area contributed by atoms with E-state index in [1.807, 2.05) is 0 Å². The third kappa shape index (κ3) is 9.59. The standard InChI is InChI=1S/C31H33FN4O7/c1-5-7-21-14-20(15-27(42-6-2)30(21)43-19-29(38)35-24-11-9-23(32)10-12-24)17-34-36-28(37)18-33-31(39)22-8-13-25(40-3)26(16-22)41-4/h5,8-17H,1,6-7,18-19H2,2-4H3,(H,33,39)(H,35,38)(H,36,37)/b34-17+. The van der Waals surface area contributed by atoms with E-state index in [1.165, 1.54) is 50.8 Å². The zero-order chi connectivity index (χ0) is 31.2. The van der Waals surface area contributed by atoms with E-state index in [0.29, 0.717) is 58.4 Å². The lowest BCUT2D eigenvalue weighted by molar-refractivity contribution is -0.120. The van der Waals surface area contributed by atoms with Crippen molar-refractivity contribution in [2.24, 2.45) is 5.10 Å². The number of ether oxygens (including phenoxy) is 4. The van der Waals surface area contributed by atoms with Gasteiger partial charge in [-0.15, -0.1) is 6.58 Å². The molecule has 11 nitrogen and oxygen atoms in total. The van der Waals surface area contributed by atoms with Crippen LogP contribution in [0.5, 0.6) is 23.0 Å². The Balaban J connectivity index is 1.62. The van der Waals surface area contributed by atoms with Gasteiger partial charge in [0.1, 0.15) is 5.82 Å². The summed E-state index contributed by atoms with van der Waals surface area (Å²) in [4.78, 5) is 37.1. The smallest absolute Gasteiger partial charge is 0.262 e. The van der Waals surface area contributed by atoms with Crippen molar-refractivity contribution in [2.45, 2.75) is 13.3 Å². The average molecular weight is 593 g/mol. The second-order valence-corrected chi connectivity index (χ2v) is 8.82. The van der Waals surface area contributed by atoms with Crippen LogP contribution in [-0.4, -0.2) is 57.9 Å². The Labute approximate surface area is 248 Å². The summed E-state index contributed by atoms with van der Waals surface area (Å²) in [6.07, 6.45) is 3.47. The first kappa shape index (κ1) is 32.1. The van der Waals surface area contributed by atoms with Crippen LogP contribution in [0, 0.1) is 5.82 Å². The average Bonchev–Trinajstić information content (AvgIpc) is 3.00. The van der Waals surface area contributed by atoms with Crippen molar-refractivity contribution in [3.05, 3.63) is 89.8 Å². The number of allylic oxidation sites excluding steroid dienone is 1. The first-order valence-electron chi connectivity index (χ1n) is 13.2. The normalized spacial score (nSPS) is 10.5. The van der Waals surface area contributed by atoms with E-state index in [9.17, 15) is 18.8 Å². The van der Waals surface area contributed by atoms with E-state index in [-0.39, 0.29) is 13.2 Å². The number of carbonyl (C=O) groups is 3. The van der Waals surface area contributed by atoms with Crippen molar-refractivity contribution in [2.75, 3.05) is 39.3 Å². The minimum atomic E-state index is -0.548. The van der Waals surface area contributed by atoms with E-state index in [4.69, 9.17) is 18.9 Å². The molecule has 3 aromatic carbocycles. The molecule has 3 rings (SSSR count). The number of anilines is 1. The van der Waals surface area contributed by atoms with Crippen LogP contribution in [0.15, 0.2) is 72.4 Å². The van der Waals surface area contributed by atoms with Crippen LogP contribution in [-0.2, 0) is 16.0 Å². The highest BCUT2D eigenvalue weighted by Gasteiger charge is 2.16. The zero-order valence-electron chi connectivity index (χ0n) is 24.1. The number of hydrogen-bond acceptors (Lipinski definition) is 8. The summed E-state index contributed by atoms with van der Waals surface area (Å²) in [6, 6.07) is 13.4. The van der Waals surface area contributed by atoms with Crippen molar-refractivity contribution < 1.29 is 37.7 Å². The maximum atomic E-state index is 13.1. The summed E-state index contributed by atoms with van der Waals surface area (Å²) >= 11 is 0. The number of carbonyl (C=O) groups excluding carboxylic acids is 3. The van der Waals surface area contributed by atoms with Crippen molar-refractivity contribution in [1.82, 2.24) is 10.7 Å². The molecule has 0 saturated carbocycles. The predicted octanol–water partition coefficient (Wildman–Crippen LogP) is 3.87. The Morgan fingerprint density at radius 1 is 0.930 bits per heavy atom. The molecule has 0 aliphatic rings. The van der Waals surface area contributed by atoms with Gasteiger partial charge < -0.3 is 29.6 Å². The number of hydrazone groups is 1. The van der Waals surface area contributed by atoms with Crippen LogP contribution in [0.3, 0.4) is 0 Å². The second-order valence-electron chi connectivity index (χ2n) is 8.82. The van der Waals surface area contributed by atoms with Gasteiger partial charge in [0.25, 0.3) is 17.7 Å². The molecule has 0 spiro atoms. The molecule has 3 aromatic rings. The van der Waals surface area contributed by atoms with Gasteiger partial charge in [0.05, 0.1) is 33.6 Å². The summed E-state index contributed by atoms with van der Waals surface area (Å²) in [5.41, 5.74) is 4.34. The zero-order valence-corrected chi connectivity index (χ0v) is 24.1. The highest BCUT2D eigenvalue weighted by Crippen LogP contribution is 2.34. The van der Waals surface area contributed by atoms with Gasteiger partial charge in [0.15, 0.2) is 29.6 Å². The van der Waals surface area contributed by atoms with Crippen LogP contribution < -0.4 is 35.0 Å². The highest BCUT2D eigenvalue weighted by molar-refractivity contribution is 5.97. The summed E-state index contributed by atoms with van der Waals surface area (Å²) in [5.74, 6) is -0.290. The number of amides is 3. The predicted molar refractivity (Wildman–Crippen MR) is 160 cm³/mol. The summed E-state index contributed by atoms with van der Waals surface area (Å²) in [6.45, 7) is 5.26.